The smallest absolute Gasteiger partial charge is 0.291 e. The summed E-state index contributed by atoms with van der Waals surface area (Å²) in [5.74, 6) is -2.35. The molecule has 0 saturated carbocycles. The molecule has 0 aliphatic carbocycles. The van der Waals surface area contributed by atoms with E-state index in [2.05, 4.69) is 4.99 Å². The highest BCUT2D eigenvalue weighted by Crippen LogP contribution is 2.02. The molecule has 92 valence electrons. The number of aliphatic imine (C=N–C) groups is 1. The SMILES string of the molecule is O=C1NC(=O)C(C=NCc2ccccc2)C(=O)N1. The maximum atomic E-state index is 11.4. The molecule has 0 bridgehead atoms. The van der Waals surface area contributed by atoms with Crippen LogP contribution in [0.3, 0.4) is 0 Å². The highest BCUT2D eigenvalue weighted by molar-refractivity contribution is 6.23. The van der Waals surface area contributed by atoms with E-state index in [4.69, 9.17) is 0 Å². The number of imide groups is 2. The van der Waals surface area contributed by atoms with E-state index in [0.717, 1.165) is 5.56 Å². The molecule has 0 aromatic heterocycles. The maximum absolute atomic E-state index is 11.4. The first-order valence-corrected chi connectivity index (χ1v) is 5.36. The second-order valence-corrected chi connectivity index (χ2v) is 3.76. The quantitative estimate of drug-likeness (QED) is 0.590. The average Bonchev–Trinajstić information content (AvgIpc) is 2.34. The highest BCUT2D eigenvalue weighted by atomic mass is 16.2. The standard InChI is InChI=1S/C12H11N3O3/c16-10-9(11(17)15-12(18)14-10)7-13-6-8-4-2-1-3-5-8/h1-5,7,9H,6H2,(H2,14,15,16,17,18). The predicted molar refractivity (Wildman–Crippen MR) is 63.8 cm³/mol. The highest BCUT2D eigenvalue weighted by Gasteiger charge is 2.32. The van der Waals surface area contributed by atoms with Gasteiger partial charge in [-0.3, -0.25) is 25.2 Å². The summed E-state index contributed by atoms with van der Waals surface area (Å²) in [6.07, 6.45) is 1.25. The van der Waals surface area contributed by atoms with Gasteiger partial charge in [-0.25, -0.2) is 4.79 Å². The minimum Gasteiger partial charge on any atom is -0.291 e. The fourth-order valence-electron chi connectivity index (χ4n) is 1.51. The van der Waals surface area contributed by atoms with Gasteiger partial charge in [-0.2, -0.15) is 0 Å². The lowest BCUT2D eigenvalue weighted by Crippen LogP contribution is -2.56. The molecule has 0 radical (unpaired) electrons. The number of hydrogen-bond donors (Lipinski definition) is 2. The van der Waals surface area contributed by atoms with Crippen LogP contribution in [0.1, 0.15) is 5.56 Å². The van der Waals surface area contributed by atoms with Crippen LogP contribution < -0.4 is 10.6 Å². The van der Waals surface area contributed by atoms with E-state index >= 15 is 0 Å². The molecule has 1 aromatic carbocycles. The summed E-state index contributed by atoms with van der Waals surface area (Å²) in [7, 11) is 0. The summed E-state index contributed by atoms with van der Waals surface area (Å²) in [6, 6.07) is 8.63. The summed E-state index contributed by atoms with van der Waals surface area (Å²) in [4.78, 5) is 37.6. The predicted octanol–water partition coefficient (Wildman–Crippen LogP) is 0.240. The number of nitrogens with zero attached hydrogens (tertiary/aromatic N) is 1. The lowest BCUT2D eigenvalue weighted by Gasteiger charge is -2.16. The van der Waals surface area contributed by atoms with Gasteiger partial charge >= 0.3 is 6.03 Å². The number of benzene rings is 1. The Balaban J connectivity index is 1.98. The van der Waals surface area contributed by atoms with E-state index in [1.165, 1.54) is 6.21 Å². The van der Waals surface area contributed by atoms with Crippen molar-refractivity contribution >= 4 is 24.1 Å². The molecule has 0 atom stereocenters. The molecule has 6 heteroatoms. The monoisotopic (exact) mass is 245 g/mol. The van der Waals surface area contributed by atoms with Gasteiger partial charge in [0.05, 0.1) is 6.54 Å². The van der Waals surface area contributed by atoms with Gasteiger partial charge < -0.3 is 0 Å². The van der Waals surface area contributed by atoms with Crippen molar-refractivity contribution in [3.05, 3.63) is 35.9 Å². The van der Waals surface area contributed by atoms with E-state index in [-0.39, 0.29) is 0 Å². The molecule has 1 aliphatic rings. The topological polar surface area (TPSA) is 87.6 Å². The van der Waals surface area contributed by atoms with Crippen LogP contribution in [-0.4, -0.2) is 24.1 Å². The Labute approximate surface area is 103 Å². The van der Waals surface area contributed by atoms with Gasteiger partial charge in [0.25, 0.3) is 0 Å². The number of nitrogens with one attached hydrogen (secondary N) is 2. The van der Waals surface area contributed by atoms with Gasteiger partial charge in [-0.15, -0.1) is 0 Å². The average molecular weight is 245 g/mol. The van der Waals surface area contributed by atoms with Gasteiger partial charge in [0, 0.05) is 6.21 Å². The normalized spacial score (nSPS) is 16.8. The molecule has 1 fully saturated rings. The molecule has 18 heavy (non-hydrogen) atoms. The van der Waals surface area contributed by atoms with Crippen molar-refractivity contribution in [1.82, 2.24) is 10.6 Å². The summed E-state index contributed by atoms with van der Waals surface area (Å²) < 4.78 is 0. The number of barbiturate groups is 1. The van der Waals surface area contributed by atoms with Crippen LogP contribution in [0.15, 0.2) is 35.3 Å². The van der Waals surface area contributed by atoms with Crippen molar-refractivity contribution in [3.8, 4) is 0 Å². The molecule has 1 aliphatic heterocycles. The van der Waals surface area contributed by atoms with Crippen molar-refractivity contribution in [2.45, 2.75) is 6.54 Å². The first-order chi connectivity index (χ1) is 8.66. The molecular weight excluding hydrogens is 234 g/mol. The summed E-state index contributed by atoms with van der Waals surface area (Å²) in [5.41, 5.74) is 0.974. The number of urea groups is 1. The van der Waals surface area contributed by atoms with Gasteiger partial charge in [-0.05, 0) is 5.56 Å². The number of amides is 4. The van der Waals surface area contributed by atoms with E-state index in [1.54, 1.807) is 0 Å². The number of rotatable bonds is 3. The zero-order valence-corrected chi connectivity index (χ0v) is 9.42. The minimum absolute atomic E-state index is 0.381. The molecule has 1 aromatic rings. The molecule has 4 amide bonds. The van der Waals surface area contributed by atoms with E-state index < -0.39 is 23.8 Å². The number of carbonyl (C=O) groups is 3. The molecule has 2 N–H and O–H groups in total. The second-order valence-electron chi connectivity index (χ2n) is 3.76. The Morgan fingerprint density at radius 3 is 2.28 bits per heavy atom. The van der Waals surface area contributed by atoms with E-state index in [0.29, 0.717) is 6.54 Å². The van der Waals surface area contributed by atoms with Crippen LogP contribution in [0, 0.1) is 5.92 Å². The third-order valence-electron chi connectivity index (χ3n) is 2.41. The van der Waals surface area contributed by atoms with Gasteiger partial charge in [0.1, 0.15) is 0 Å². The van der Waals surface area contributed by atoms with Crippen LogP contribution in [0.5, 0.6) is 0 Å². The molecule has 1 saturated heterocycles. The van der Waals surface area contributed by atoms with Crippen molar-refractivity contribution in [1.29, 1.82) is 0 Å². The summed E-state index contributed by atoms with van der Waals surface area (Å²) in [5, 5.41) is 4.01. The van der Waals surface area contributed by atoms with Gasteiger partial charge in [0.2, 0.25) is 11.8 Å². The molecule has 1 heterocycles. The van der Waals surface area contributed by atoms with Crippen molar-refractivity contribution < 1.29 is 14.4 Å². The fraction of sp³-hybridized carbons (Fsp3) is 0.167. The van der Waals surface area contributed by atoms with Crippen molar-refractivity contribution in [2.75, 3.05) is 0 Å². The van der Waals surface area contributed by atoms with Crippen molar-refractivity contribution in [3.63, 3.8) is 0 Å². The Bertz CT molecular complexity index is 491. The zero-order chi connectivity index (χ0) is 13.0. The fourth-order valence-corrected chi connectivity index (χ4v) is 1.51. The third-order valence-corrected chi connectivity index (χ3v) is 2.41. The van der Waals surface area contributed by atoms with Crippen LogP contribution in [-0.2, 0) is 16.1 Å². The third kappa shape index (κ3) is 2.79. The Hall–Kier alpha value is -2.50. The molecule has 0 unspecified atom stereocenters. The molecular formula is C12H11N3O3. The molecule has 6 nitrogen and oxygen atoms in total. The zero-order valence-electron chi connectivity index (χ0n) is 9.42. The van der Waals surface area contributed by atoms with Crippen LogP contribution >= 0.6 is 0 Å². The van der Waals surface area contributed by atoms with E-state index in [9.17, 15) is 14.4 Å². The lowest BCUT2D eigenvalue weighted by atomic mass is 10.1. The lowest BCUT2D eigenvalue weighted by molar-refractivity contribution is -0.132. The maximum Gasteiger partial charge on any atom is 0.328 e. The van der Waals surface area contributed by atoms with E-state index in [1.807, 2.05) is 41.0 Å². The van der Waals surface area contributed by atoms with Gasteiger partial charge in [-0.1, -0.05) is 30.3 Å². The summed E-state index contributed by atoms with van der Waals surface area (Å²) in [6.45, 7) is 0.381. The number of carbonyl (C=O) groups excluding carboxylic acids is 3. The van der Waals surface area contributed by atoms with Crippen LogP contribution in [0.25, 0.3) is 0 Å². The Kier molecular flexibility index (Phi) is 3.47. The van der Waals surface area contributed by atoms with Crippen molar-refractivity contribution in [2.24, 2.45) is 10.9 Å². The first kappa shape index (κ1) is 12.0. The Morgan fingerprint density at radius 1 is 1.06 bits per heavy atom. The molecule has 0 spiro atoms. The molecule has 2 rings (SSSR count). The summed E-state index contributed by atoms with van der Waals surface area (Å²) >= 11 is 0. The Morgan fingerprint density at radius 2 is 1.67 bits per heavy atom. The number of hydrogen-bond acceptors (Lipinski definition) is 4. The minimum atomic E-state index is -1.05. The second kappa shape index (κ2) is 5.22. The van der Waals surface area contributed by atoms with Crippen LogP contribution in [0.2, 0.25) is 0 Å². The van der Waals surface area contributed by atoms with Crippen LogP contribution in [0.4, 0.5) is 4.79 Å². The first-order valence-electron chi connectivity index (χ1n) is 5.36. The largest absolute Gasteiger partial charge is 0.328 e. The van der Waals surface area contributed by atoms with Gasteiger partial charge in [0.15, 0.2) is 5.92 Å².